The average molecular weight is 496 g/mol. The van der Waals surface area contributed by atoms with Crippen LogP contribution in [-0.4, -0.2) is 33.2 Å². The Balaban J connectivity index is 1.40. The summed E-state index contributed by atoms with van der Waals surface area (Å²) in [5.41, 5.74) is 4.10. The molecule has 4 heterocycles. The third kappa shape index (κ3) is 3.75. The van der Waals surface area contributed by atoms with E-state index < -0.39 is 15.9 Å². The van der Waals surface area contributed by atoms with Crippen molar-refractivity contribution in [3.63, 3.8) is 0 Å². The Bertz CT molecular complexity index is 1520. The first-order chi connectivity index (χ1) is 16.3. The van der Waals surface area contributed by atoms with Gasteiger partial charge in [0.2, 0.25) is 10.0 Å². The molecule has 1 N–H and O–H groups in total. The fraction of sp³-hybridized carbons (Fsp3) is 0.208. The first kappa shape index (κ1) is 22.5. The number of hydrogen-bond acceptors (Lipinski definition) is 5. The molecule has 1 aliphatic heterocycles. The Kier molecular flexibility index (Phi) is 5.63. The van der Waals surface area contributed by atoms with Crippen LogP contribution < -0.4 is 5.32 Å². The molecule has 0 spiro atoms. The minimum atomic E-state index is -3.80. The van der Waals surface area contributed by atoms with E-state index in [1.807, 2.05) is 24.3 Å². The normalized spacial score (nSPS) is 13.9. The van der Waals surface area contributed by atoms with Crippen LogP contribution in [0, 0.1) is 6.92 Å². The van der Waals surface area contributed by atoms with Crippen molar-refractivity contribution in [3.8, 4) is 0 Å². The SMILES string of the molecule is Cc1c(S(=O)(=O)N2Cc3ccncc3C2)cc(C(=O)NCc2c(Cl)ccc3ncccc23)n1C. The van der Waals surface area contributed by atoms with Crippen LogP contribution in [0.3, 0.4) is 0 Å². The molecule has 1 amide bonds. The van der Waals surface area contributed by atoms with Gasteiger partial charge in [0, 0.05) is 61.4 Å². The quantitative estimate of drug-likeness (QED) is 0.456. The van der Waals surface area contributed by atoms with E-state index in [-0.39, 0.29) is 30.2 Å². The van der Waals surface area contributed by atoms with E-state index in [2.05, 4.69) is 15.3 Å². The third-order valence-corrected chi connectivity index (χ3v) is 8.56. The summed E-state index contributed by atoms with van der Waals surface area (Å²) in [7, 11) is -2.12. The molecule has 5 rings (SSSR count). The summed E-state index contributed by atoms with van der Waals surface area (Å²) in [4.78, 5) is 21.6. The zero-order chi connectivity index (χ0) is 24.0. The lowest BCUT2D eigenvalue weighted by Gasteiger charge is -2.15. The van der Waals surface area contributed by atoms with E-state index in [4.69, 9.17) is 11.6 Å². The molecule has 0 radical (unpaired) electrons. The summed E-state index contributed by atoms with van der Waals surface area (Å²) >= 11 is 6.39. The number of nitrogens with one attached hydrogen (secondary N) is 1. The molecule has 0 fully saturated rings. The van der Waals surface area contributed by atoms with Crippen LogP contribution in [-0.2, 0) is 36.7 Å². The largest absolute Gasteiger partial charge is 0.347 e. The van der Waals surface area contributed by atoms with Crippen molar-refractivity contribution in [1.29, 1.82) is 0 Å². The molecular formula is C24H22ClN5O3S. The van der Waals surface area contributed by atoms with E-state index >= 15 is 0 Å². The van der Waals surface area contributed by atoms with Gasteiger partial charge >= 0.3 is 0 Å². The van der Waals surface area contributed by atoms with Crippen LogP contribution in [0.25, 0.3) is 10.9 Å². The first-order valence-electron chi connectivity index (χ1n) is 10.7. The van der Waals surface area contributed by atoms with E-state index in [1.54, 1.807) is 43.2 Å². The molecule has 8 nitrogen and oxygen atoms in total. The number of sulfonamides is 1. The van der Waals surface area contributed by atoms with Gasteiger partial charge in [0.05, 0.1) is 5.52 Å². The van der Waals surface area contributed by atoms with Gasteiger partial charge in [0.1, 0.15) is 10.6 Å². The standard InChI is InChI=1S/C24H22ClN5O3S/c1-15-23(34(32,33)30-13-16-7-9-26-11-17(16)14-30)10-22(29(15)2)24(31)28-12-19-18-4-3-8-27-21(18)6-5-20(19)25/h3-11H,12-14H2,1-2H3,(H,28,31). The lowest BCUT2D eigenvalue weighted by molar-refractivity contribution is 0.0942. The maximum atomic E-state index is 13.4. The van der Waals surface area contributed by atoms with Crippen molar-refractivity contribution < 1.29 is 13.2 Å². The number of nitrogens with zero attached hydrogens (tertiary/aromatic N) is 4. The minimum Gasteiger partial charge on any atom is -0.347 e. The molecule has 0 aliphatic carbocycles. The highest BCUT2D eigenvalue weighted by Crippen LogP contribution is 2.31. The lowest BCUT2D eigenvalue weighted by Crippen LogP contribution is -2.26. The summed E-state index contributed by atoms with van der Waals surface area (Å²) in [6, 6.07) is 10.6. The number of fused-ring (bicyclic) bond motifs is 2. The summed E-state index contributed by atoms with van der Waals surface area (Å²) in [5.74, 6) is -0.391. The van der Waals surface area contributed by atoms with Gasteiger partial charge in [-0.1, -0.05) is 17.7 Å². The zero-order valence-electron chi connectivity index (χ0n) is 18.6. The molecule has 4 aromatic rings. The van der Waals surface area contributed by atoms with E-state index in [0.717, 1.165) is 27.6 Å². The number of hydrogen-bond donors (Lipinski definition) is 1. The van der Waals surface area contributed by atoms with E-state index in [0.29, 0.717) is 10.7 Å². The van der Waals surface area contributed by atoms with Gasteiger partial charge in [0.25, 0.3) is 5.91 Å². The number of benzene rings is 1. The molecule has 1 aliphatic rings. The van der Waals surface area contributed by atoms with Gasteiger partial charge in [-0.2, -0.15) is 4.31 Å². The summed E-state index contributed by atoms with van der Waals surface area (Å²) in [6.07, 6.45) is 5.04. The predicted octanol–water partition coefficient (Wildman–Crippen LogP) is 3.56. The maximum Gasteiger partial charge on any atom is 0.268 e. The monoisotopic (exact) mass is 495 g/mol. The van der Waals surface area contributed by atoms with Crippen molar-refractivity contribution in [1.82, 2.24) is 24.2 Å². The van der Waals surface area contributed by atoms with Crippen molar-refractivity contribution in [3.05, 3.63) is 88.1 Å². The molecular weight excluding hydrogens is 474 g/mol. The third-order valence-electron chi connectivity index (χ3n) is 6.30. The molecule has 3 aromatic heterocycles. The second-order valence-corrected chi connectivity index (χ2v) is 10.5. The van der Waals surface area contributed by atoms with Gasteiger partial charge in [0.15, 0.2) is 0 Å². The molecule has 0 saturated heterocycles. The Morgan fingerprint density at radius 3 is 2.74 bits per heavy atom. The molecule has 10 heteroatoms. The Morgan fingerprint density at radius 2 is 1.94 bits per heavy atom. The summed E-state index contributed by atoms with van der Waals surface area (Å²) < 4.78 is 29.8. The average Bonchev–Trinajstić information content (AvgIpc) is 3.40. The number of halogens is 1. The highest BCUT2D eigenvalue weighted by molar-refractivity contribution is 7.89. The fourth-order valence-corrected chi connectivity index (χ4v) is 6.17. The van der Waals surface area contributed by atoms with Crippen molar-refractivity contribution in [2.24, 2.45) is 7.05 Å². The molecule has 174 valence electrons. The van der Waals surface area contributed by atoms with Gasteiger partial charge in [-0.3, -0.25) is 14.8 Å². The number of carbonyl (C=O) groups is 1. The molecule has 34 heavy (non-hydrogen) atoms. The van der Waals surface area contributed by atoms with Crippen molar-refractivity contribution in [2.45, 2.75) is 31.5 Å². The van der Waals surface area contributed by atoms with Crippen LogP contribution in [0.4, 0.5) is 0 Å². The van der Waals surface area contributed by atoms with Crippen LogP contribution in [0.1, 0.15) is 32.9 Å². The first-order valence-corrected chi connectivity index (χ1v) is 12.5. The van der Waals surface area contributed by atoms with Gasteiger partial charge < -0.3 is 9.88 Å². The summed E-state index contributed by atoms with van der Waals surface area (Å²) in [6.45, 7) is 2.42. The second-order valence-electron chi connectivity index (χ2n) is 8.23. The lowest BCUT2D eigenvalue weighted by atomic mass is 10.1. The number of pyridine rings is 2. The smallest absolute Gasteiger partial charge is 0.268 e. The van der Waals surface area contributed by atoms with E-state index in [9.17, 15) is 13.2 Å². The maximum absolute atomic E-state index is 13.4. The highest BCUT2D eigenvalue weighted by Gasteiger charge is 2.34. The fourth-order valence-electron chi connectivity index (χ4n) is 4.27. The highest BCUT2D eigenvalue weighted by atomic mass is 35.5. The Hall–Kier alpha value is -3.27. The number of carbonyl (C=O) groups excluding carboxylic acids is 1. The molecule has 1 aromatic carbocycles. The second kappa shape index (κ2) is 8.50. The number of rotatable bonds is 5. The van der Waals surface area contributed by atoms with Crippen LogP contribution in [0.15, 0.2) is 59.9 Å². The Labute approximate surface area is 202 Å². The number of aromatic nitrogens is 3. The van der Waals surface area contributed by atoms with Crippen LogP contribution in [0.2, 0.25) is 5.02 Å². The Morgan fingerprint density at radius 1 is 1.15 bits per heavy atom. The summed E-state index contributed by atoms with van der Waals surface area (Å²) in [5, 5.41) is 4.25. The molecule has 0 atom stereocenters. The van der Waals surface area contributed by atoms with E-state index in [1.165, 1.54) is 10.4 Å². The molecule has 0 saturated carbocycles. The van der Waals surface area contributed by atoms with Crippen molar-refractivity contribution in [2.75, 3.05) is 0 Å². The van der Waals surface area contributed by atoms with Gasteiger partial charge in [-0.25, -0.2) is 8.42 Å². The topological polar surface area (TPSA) is 97.2 Å². The van der Waals surface area contributed by atoms with Crippen LogP contribution in [0.5, 0.6) is 0 Å². The minimum absolute atomic E-state index is 0.119. The number of amides is 1. The van der Waals surface area contributed by atoms with Crippen molar-refractivity contribution >= 4 is 38.4 Å². The zero-order valence-corrected chi connectivity index (χ0v) is 20.2. The molecule has 0 bridgehead atoms. The van der Waals surface area contributed by atoms with Crippen LogP contribution >= 0.6 is 11.6 Å². The predicted molar refractivity (Wildman–Crippen MR) is 129 cm³/mol. The van der Waals surface area contributed by atoms with Gasteiger partial charge in [-0.15, -0.1) is 0 Å². The van der Waals surface area contributed by atoms with Gasteiger partial charge in [-0.05, 0) is 53.9 Å². The molecule has 0 unspecified atom stereocenters.